The maximum absolute atomic E-state index is 11.0. The van der Waals surface area contributed by atoms with Crippen molar-refractivity contribution >= 4 is 16.9 Å². The number of fused-ring (bicyclic) bond motifs is 1. The Hall–Kier alpha value is -0.700. The zero-order chi connectivity index (χ0) is 15.0. The van der Waals surface area contributed by atoms with Crippen LogP contribution in [0.25, 0.3) is 0 Å². The molecule has 0 amide bonds. The van der Waals surface area contributed by atoms with Crippen molar-refractivity contribution in [1.29, 1.82) is 0 Å². The molecule has 0 aromatic carbocycles. The molecule has 0 radical (unpaired) electrons. The summed E-state index contributed by atoms with van der Waals surface area (Å²) < 4.78 is 5.79. The Labute approximate surface area is 127 Å². The minimum Gasteiger partial charge on any atom is -0.390 e. The van der Waals surface area contributed by atoms with E-state index in [0.717, 1.165) is 17.6 Å². The molecule has 2 aliphatic heterocycles. The van der Waals surface area contributed by atoms with Crippen LogP contribution in [0.15, 0.2) is 10.2 Å². The number of thioether (sulfide) groups is 1. The fraction of sp³-hybridized carbons (Fsp3) is 0.923. The van der Waals surface area contributed by atoms with E-state index in [0.29, 0.717) is 6.42 Å². The number of hydrogen-bond donors (Lipinski definition) is 3. The van der Waals surface area contributed by atoms with Gasteiger partial charge >= 0.3 is 0 Å². The Morgan fingerprint density at radius 2 is 2.33 bits per heavy atom. The summed E-state index contributed by atoms with van der Waals surface area (Å²) in [7, 11) is 0. The molecular weight excluding hydrogens is 294 g/mol. The van der Waals surface area contributed by atoms with Crippen LogP contribution in [0.3, 0.4) is 0 Å². The quantitative estimate of drug-likeness (QED) is 0.636. The molecule has 0 aromatic heterocycles. The van der Waals surface area contributed by atoms with Crippen LogP contribution < -0.4 is 5.32 Å². The molecule has 1 saturated heterocycles. The van der Waals surface area contributed by atoms with Crippen molar-refractivity contribution in [2.75, 3.05) is 6.54 Å². The van der Waals surface area contributed by atoms with Crippen molar-refractivity contribution in [1.82, 2.24) is 5.32 Å². The zero-order valence-electron chi connectivity index (χ0n) is 11.9. The fourth-order valence-corrected chi connectivity index (χ4v) is 3.81. The molecule has 2 heterocycles. The number of rotatable bonds is 5. The summed E-state index contributed by atoms with van der Waals surface area (Å²) in [6.07, 6.45) is 0.346. The van der Waals surface area contributed by atoms with Crippen molar-refractivity contribution < 1.29 is 14.9 Å². The van der Waals surface area contributed by atoms with E-state index in [4.69, 9.17) is 4.74 Å². The Bertz CT molecular complexity index is 432. The van der Waals surface area contributed by atoms with E-state index in [9.17, 15) is 15.1 Å². The zero-order valence-corrected chi connectivity index (χ0v) is 12.7. The lowest BCUT2D eigenvalue weighted by Crippen LogP contribution is -2.57. The summed E-state index contributed by atoms with van der Waals surface area (Å²) >= 11 is 1.41. The predicted octanol–water partition coefficient (Wildman–Crippen LogP) is 0.449. The number of amidine groups is 1. The molecule has 0 bridgehead atoms. The summed E-state index contributed by atoms with van der Waals surface area (Å²) in [5.74, 6) is 0.723. The van der Waals surface area contributed by atoms with Gasteiger partial charge in [0, 0.05) is 6.54 Å². The minimum atomic E-state index is -1.01. The Morgan fingerprint density at radius 3 is 2.95 bits per heavy atom. The maximum atomic E-state index is 11.0. The van der Waals surface area contributed by atoms with Gasteiger partial charge in [-0.05, 0) is 25.2 Å². The highest BCUT2D eigenvalue weighted by Crippen LogP contribution is 2.38. The van der Waals surface area contributed by atoms with Gasteiger partial charge in [-0.2, -0.15) is 4.91 Å². The van der Waals surface area contributed by atoms with Crippen LogP contribution in [0, 0.1) is 10.8 Å². The maximum Gasteiger partial charge on any atom is 0.159 e. The van der Waals surface area contributed by atoms with E-state index in [1.807, 2.05) is 0 Å². The highest BCUT2D eigenvalue weighted by atomic mass is 32.2. The number of nitrogens with one attached hydrogen (secondary N) is 1. The molecule has 2 fully saturated rings. The normalized spacial score (nSPS) is 40.3. The first-order valence-corrected chi connectivity index (χ1v) is 8.34. The second kappa shape index (κ2) is 6.20. The largest absolute Gasteiger partial charge is 0.390 e. The summed E-state index contributed by atoms with van der Waals surface area (Å²) in [5.41, 5.74) is -0.370. The van der Waals surface area contributed by atoms with Crippen molar-refractivity contribution in [2.45, 2.75) is 62.0 Å². The average molecular weight is 315 g/mol. The Morgan fingerprint density at radius 1 is 1.57 bits per heavy atom. The molecule has 0 spiro atoms. The van der Waals surface area contributed by atoms with Gasteiger partial charge in [0.15, 0.2) is 5.17 Å². The second-order valence-corrected chi connectivity index (χ2v) is 6.99. The monoisotopic (exact) mass is 315 g/mol. The second-order valence-electron chi connectivity index (χ2n) is 5.90. The predicted molar refractivity (Wildman–Crippen MR) is 80.1 cm³/mol. The van der Waals surface area contributed by atoms with Gasteiger partial charge in [0.1, 0.15) is 29.7 Å². The summed E-state index contributed by atoms with van der Waals surface area (Å²) in [6.45, 7) is 2.69. The highest BCUT2D eigenvalue weighted by molar-refractivity contribution is 8.14. The van der Waals surface area contributed by atoms with Gasteiger partial charge < -0.3 is 20.3 Å². The van der Waals surface area contributed by atoms with Gasteiger partial charge in [0.25, 0.3) is 0 Å². The molecule has 7 nitrogen and oxygen atoms in total. The summed E-state index contributed by atoms with van der Waals surface area (Å²) in [5, 5.41) is 27.3. The average Bonchev–Trinajstić information content (AvgIpc) is 3.23. The number of nitrogens with zero attached hydrogens (tertiary/aromatic N) is 2. The molecule has 21 heavy (non-hydrogen) atoms. The standard InChI is InChI=1S/C13H21N3O4S/c1-2-7(17)11-8(16-19)10(18)9-12(20-11)21-13(15-9)14-5-6-3-4-6/h6-12,17-18H,2-5H2,1H3,(H,14,15)/t7-,8-,9+,10-,11+,12+/m0/s1. The van der Waals surface area contributed by atoms with Crippen LogP contribution >= 0.6 is 11.8 Å². The lowest BCUT2D eigenvalue weighted by molar-refractivity contribution is -0.129. The van der Waals surface area contributed by atoms with Crippen molar-refractivity contribution in [3.8, 4) is 0 Å². The number of ether oxygens (including phenoxy) is 1. The van der Waals surface area contributed by atoms with Crippen molar-refractivity contribution in [2.24, 2.45) is 16.1 Å². The lowest BCUT2D eigenvalue weighted by atomic mass is 9.92. The SMILES string of the molecule is CC[C@H](O)[C@H]1O[C@@H]2SC(NCC3CC3)=N[C@@H]2[C@@H](O)[C@@H]1N=O. The van der Waals surface area contributed by atoms with Crippen LogP contribution in [0.4, 0.5) is 0 Å². The highest BCUT2D eigenvalue weighted by Gasteiger charge is 2.51. The molecule has 1 aliphatic carbocycles. The number of hydrogen-bond acceptors (Lipinski definition) is 8. The lowest BCUT2D eigenvalue weighted by Gasteiger charge is -2.39. The van der Waals surface area contributed by atoms with Crippen LogP contribution in [-0.4, -0.2) is 57.8 Å². The van der Waals surface area contributed by atoms with E-state index < -0.39 is 30.4 Å². The van der Waals surface area contributed by atoms with Gasteiger partial charge in [-0.25, -0.2) is 0 Å². The molecule has 8 heteroatoms. The van der Waals surface area contributed by atoms with Crippen LogP contribution in [-0.2, 0) is 4.74 Å². The summed E-state index contributed by atoms with van der Waals surface area (Å²) in [4.78, 5) is 15.4. The van der Waals surface area contributed by atoms with Gasteiger partial charge in [-0.3, -0.25) is 4.99 Å². The number of aliphatic hydroxyl groups is 2. The third kappa shape index (κ3) is 3.08. The van der Waals surface area contributed by atoms with E-state index in [1.54, 1.807) is 6.92 Å². The van der Waals surface area contributed by atoms with Crippen LogP contribution in [0.5, 0.6) is 0 Å². The van der Waals surface area contributed by atoms with Gasteiger partial charge in [-0.1, -0.05) is 23.9 Å². The third-order valence-electron chi connectivity index (χ3n) is 4.26. The molecule has 6 atom stereocenters. The van der Waals surface area contributed by atoms with Crippen LogP contribution in [0.2, 0.25) is 0 Å². The van der Waals surface area contributed by atoms with Crippen molar-refractivity contribution in [3.05, 3.63) is 4.91 Å². The molecular formula is C13H21N3O4S. The Kier molecular flexibility index (Phi) is 4.49. The number of aliphatic hydroxyl groups excluding tert-OH is 2. The number of nitroso groups, excluding NO2 is 1. The van der Waals surface area contributed by atoms with Crippen molar-refractivity contribution in [3.63, 3.8) is 0 Å². The number of aliphatic imine (C=N–C) groups is 1. The van der Waals surface area contributed by atoms with E-state index in [2.05, 4.69) is 15.5 Å². The first kappa shape index (κ1) is 15.2. The van der Waals surface area contributed by atoms with E-state index in [-0.39, 0.29) is 5.44 Å². The molecule has 0 unspecified atom stereocenters. The third-order valence-corrected chi connectivity index (χ3v) is 5.35. The molecule has 3 N–H and O–H groups in total. The van der Waals surface area contributed by atoms with Gasteiger partial charge in [0.05, 0.1) is 6.10 Å². The topological polar surface area (TPSA) is 104 Å². The van der Waals surface area contributed by atoms with Gasteiger partial charge in [-0.15, -0.1) is 0 Å². The molecule has 3 aliphatic rings. The first-order valence-electron chi connectivity index (χ1n) is 7.46. The fourth-order valence-electron chi connectivity index (χ4n) is 2.70. The summed E-state index contributed by atoms with van der Waals surface area (Å²) in [6, 6.07) is -1.48. The minimum absolute atomic E-state index is 0.370. The molecule has 0 aromatic rings. The van der Waals surface area contributed by atoms with Gasteiger partial charge in [0.2, 0.25) is 0 Å². The first-order chi connectivity index (χ1) is 10.1. The smallest absolute Gasteiger partial charge is 0.159 e. The molecule has 118 valence electrons. The van der Waals surface area contributed by atoms with E-state index >= 15 is 0 Å². The molecule has 1 saturated carbocycles. The molecule has 3 rings (SSSR count). The Balaban J connectivity index is 1.68. The van der Waals surface area contributed by atoms with Crippen LogP contribution in [0.1, 0.15) is 26.2 Å². The van der Waals surface area contributed by atoms with E-state index in [1.165, 1.54) is 24.6 Å².